The zero-order valence-corrected chi connectivity index (χ0v) is 17.0. The van der Waals surface area contributed by atoms with E-state index in [9.17, 15) is 14.9 Å². The number of nitrogens with zero attached hydrogens (tertiary/aromatic N) is 3. The monoisotopic (exact) mass is 413 g/mol. The van der Waals surface area contributed by atoms with Crippen LogP contribution < -0.4 is 4.74 Å². The summed E-state index contributed by atoms with van der Waals surface area (Å²) in [5, 5.41) is 15.7. The molecule has 0 atom stereocenters. The number of nitro groups is 1. The molecule has 0 aliphatic carbocycles. The van der Waals surface area contributed by atoms with Gasteiger partial charge < -0.3 is 4.74 Å². The van der Waals surface area contributed by atoms with E-state index >= 15 is 0 Å². The van der Waals surface area contributed by atoms with E-state index in [0.717, 1.165) is 22.4 Å². The number of rotatable bonds is 5. The van der Waals surface area contributed by atoms with Gasteiger partial charge in [-0.25, -0.2) is 4.79 Å². The van der Waals surface area contributed by atoms with E-state index in [-0.39, 0.29) is 17.1 Å². The Balaban J connectivity index is 1.78. The van der Waals surface area contributed by atoms with E-state index in [0.29, 0.717) is 5.69 Å². The van der Waals surface area contributed by atoms with Crippen molar-refractivity contribution in [1.82, 2.24) is 9.78 Å². The lowest BCUT2D eigenvalue weighted by Crippen LogP contribution is -2.12. The maximum Gasteiger partial charge on any atom is 0.345 e. The molecular weight excluding hydrogens is 394 g/mol. The number of ether oxygens (including phenoxy) is 1. The minimum Gasteiger partial charge on any atom is -0.404 e. The summed E-state index contributed by atoms with van der Waals surface area (Å²) >= 11 is 0. The van der Waals surface area contributed by atoms with Gasteiger partial charge in [-0.2, -0.15) is 9.78 Å². The molecule has 0 N–H and O–H groups in total. The SMILES string of the molecule is Cc1cccc(-n2nc(-c3ccccc3)cc2OC(=O)c2cccc([N+](=O)[O-])c2)c1C. The van der Waals surface area contributed by atoms with Crippen molar-refractivity contribution in [3.63, 3.8) is 0 Å². The van der Waals surface area contributed by atoms with Gasteiger partial charge in [0.2, 0.25) is 5.88 Å². The second-order valence-corrected chi connectivity index (χ2v) is 7.06. The first-order valence-corrected chi connectivity index (χ1v) is 9.63. The number of hydrogen-bond donors (Lipinski definition) is 0. The standard InChI is InChI=1S/C24H19N3O4/c1-16-8-6-13-22(17(16)2)26-23(15-21(25-26)18-9-4-3-5-10-18)31-24(28)19-11-7-12-20(14-19)27(29)30/h3-15H,1-2H3. The molecule has 3 aromatic carbocycles. The molecule has 7 heteroatoms. The second-order valence-electron chi connectivity index (χ2n) is 7.06. The Hall–Kier alpha value is -4.26. The number of aryl methyl sites for hydroxylation is 1. The first-order valence-electron chi connectivity index (χ1n) is 9.63. The van der Waals surface area contributed by atoms with Gasteiger partial charge in [0.1, 0.15) is 0 Å². The lowest BCUT2D eigenvalue weighted by molar-refractivity contribution is -0.384. The normalized spacial score (nSPS) is 10.6. The maximum atomic E-state index is 12.8. The quantitative estimate of drug-likeness (QED) is 0.252. The second kappa shape index (κ2) is 8.23. The molecule has 4 rings (SSSR count). The summed E-state index contributed by atoms with van der Waals surface area (Å²) in [6.07, 6.45) is 0. The highest BCUT2D eigenvalue weighted by atomic mass is 16.6. The highest BCUT2D eigenvalue weighted by Crippen LogP contribution is 2.29. The fourth-order valence-electron chi connectivity index (χ4n) is 3.22. The predicted molar refractivity (Wildman–Crippen MR) is 117 cm³/mol. The van der Waals surface area contributed by atoms with Crippen LogP contribution in [0.4, 0.5) is 5.69 Å². The van der Waals surface area contributed by atoms with Crippen molar-refractivity contribution in [2.24, 2.45) is 0 Å². The first kappa shape index (κ1) is 20.0. The van der Waals surface area contributed by atoms with E-state index in [2.05, 4.69) is 5.10 Å². The van der Waals surface area contributed by atoms with Crippen molar-refractivity contribution in [2.45, 2.75) is 13.8 Å². The average Bonchev–Trinajstić information content (AvgIpc) is 3.20. The number of carbonyl (C=O) groups excluding carboxylic acids is 1. The van der Waals surface area contributed by atoms with Crippen LogP contribution in [0.2, 0.25) is 0 Å². The summed E-state index contributed by atoms with van der Waals surface area (Å²) in [5.41, 5.74) is 4.28. The van der Waals surface area contributed by atoms with E-state index in [1.165, 1.54) is 24.3 Å². The lowest BCUT2D eigenvalue weighted by Gasteiger charge is -2.12. The van der Waals surface area contributed by atoms with Gasteiger partial charge >= 0.3 is 5.97 Å². The third-order valence-corrected chi connectivity index (χ3v) is 5.04. The summed E-state index contributed by atoms with van der Waals surface area (Å²) in [6, 6.07) is 22.5. The largest absolute Gasteiger partial charge is 0.404 e. The predicted octanol–water partition coefficient (Wildman–Crippen LogP) is 5.28. The maximum absolute atomic E-state index is 12.8. The number of non-ortho nitro benzene ring substituents is 1. The van der Waals surface area contributed by atoms with Crippen molar-refractivity contribution < 1.29 is 14.5 Å². The Labute approximate surface area is 178 Å². The molecule has 31 heavy (non-hydrogen) atoms. The average molecular weight is 413 g/mol. The molecule has 0 saturated heterocycles. The minimum absolute atomic E-state index is 0.0872. The van der Waals surface area contributed by atoms with Gasteiger partial charge in [-0.1, -0.05) is 48.5 Å². The van der Waals surface area contributed by atoms with Crippen molar-refractivity contribution in [2.75, 3.05) is 0 Å². The third-order valence-electron chi connectivity index (χ3n) is 5.04. The molecule has 1 heterocycles. The Kier molecular flexibility index (Phi) is 5.32. The molecule has 0 unspecified atom stereocenters. The van der Waals surface area contributed by atoms with Crippen LogP contribution in [-0.2, 0) is 0 Å². The molecule has 0 saturated carbocycles. The van der Waals surface area contributed by atoms with Gasteiger partial charge in [0.25, 0.3) is 5.69 Å². The van der Waals surface area contributed by atoms with Crippen LogP contribution in [0.15, 0.2) is 78.9 Å². The number of hydrogen-bond acceptors (Lipinski definition) is 5. The van der Waals surface area contributed by atoms with Crippen molar-refractivity contribution in [3.05, 3.63) is 106 Å². The molecule has 0 aliphatic rings. The minimum atomic E-state index is -0.699. The summed E-state index contributed by atoms with van der Waals surface area (Å²) in [7, 11) is 0. The van der Waals surface area contributed by atoms with Crippen molar-refractivity contribution >= 4 is 11.7 Å². The Morgan fingerprint density at radius 1 is 0.968 bits per heavy atom. The molecular formula is C24H19N3O4. The molecule has 0 radical (unpaired) electrons. The number of carbonyl (C=O) groups is 1. The first-order chi connectivity index (χ1) is 14.9. The summed E-state index contributed by atoms with van der Waals surface area (Å²) in [4.78, 5) is 23.3. The van der Waals surface area contributed by atoms with Crippen LogP contribution in [0.1, 0.15) is 21.5 Å². The smallest absolute Gasteiger partial charge is 0.345 e. The Morgan fingerprint density at radius 3 is 2.45 bits per heavy atom. The van der Waals surface area contributed by atoms with E-state index in [4.69, 9.17) is 4.74 Å². The molecule has 154 valence electrons. The van der Waals surface area contributed by atoms with E-state index < -0.39 is 10.9 Å². The molecule has 7 nitrogen and oxygen atoms in total. The third kappa shape index (κ3) is 4.06. The molecule has 0 fully saturated rings. The van der Waals surface area contributed by atoms with E-state index in [1.807, 2.05) is 62.4 Å². The van der Waals surface area contributed by atoms with E-state index in [1.54, 1.807) is 10.7 Å². The topological polar surface area (TPSA) is 87.3 Å². The lowest BCUT2D eigenvalue weighted by atomic mass is 10.1. The van der Waals surface area contributed by atoms with Crippen LogP contribution in [-0.4, -0.2) is 20.7 Å². The Morgan fingerprint density at radius 2 is 1.71 bits per heavy atom. The summed E-state index contributed by atoms with van der Waals surface area (Å²) < 4.78 is 7.24. The number of nitro benzene ring substituents is 1. The summed E-state index contributed by atoms with van der Waals surface area (Å²) in [5.74, 6) is -0.473. The zero-order chi connectivity index (χ0) is 22.0. The summed E-state index contributed by atoms with van der Waals surface area (Å²) in [6.45, 7) is 3.97. The molecule has 0 amide bonds. The van der Waals surface area contributed by atoms with Crippen molar-refractivity contribution in [3.8, 4) is 22.8 Å². The fourth-order valence-corrected chi connectivity index (χ4v) is 3.22. The van der Waals surface area contributed by atoms with Gasteiger partial charge in [0.05, 0.1) is 21.9 Å². The number of benzene rings is 3. The highest BCUT2D eigenvalue weighted by molar-refractivity contribution is 5.91. The number of esters is 1. The van der Waals surface area contributed by atoms with Crippen molar-refractivity contribution in [1.29, 1.82) is 0 Å². The zero-order valence-electron chi connectivity index (χ0n) is 17.0. The molecule has 0 aliphatic heterocycles. The van der Waals surface area contributed by atoms with Gasteiger partial charge in [-0.3, -0.25) is 10.1 Å². The van der Waals surface area contributed by atoms with Crippen LogP contribution >= 0.6 is 0 Å². The highest BCUT2D eigenvalue weighted by Gasteiger charge is 2.19. The van der Waals surface area contributed by atoms with Crippen LogP contribution in [0.25, 0.3) is 16.9 Å². The molecule has 0 bridgehead atoms. The van der Waals surface area contributed by atoms with Crippen LogP contribution in [0.5, 0.6) is 5.88 Å². The van der Waals surface area contributed by atoms with Crippen LogP contribution in [0.3, 0.4) is 0 Å². The Bertz CT molecular complexity index is 1280. The molecule has 1 aromatic heterocycles. The van der Waals surface area contributed by atoms with Gasteiger partial charge in [-0.05, 0) is 37.1 Å². The number of aromatic nitrogens is 2. The van der Waals surface area contributed by atoms with Gasteiger partial charge in [-0.15, -0.1) is 0 Å². The van der Waals surface area contributed by atoms with Gasteiger partial charge in [0.15, 0.2) is 0 Å². The molecule has 4 aromatic rings. The van der Waals surface area contributed by atoms with Gasteiger partial charge in [0, 0.05) is 23.8 Å². The molecule has 0 spiro atoms. The van der Waals surface area contributed by atoms with Crippen LogP contribution in [0, 0.1) is 24.0 Å². The fraction of sp³-hybridized carbons (Fsp3) is 0.0833.